The first-order chi connectivity index (χ1) is 73.9. The molecule has 0 fully saturated rings. The molecule has 0 spiro atoms. The molecular weight excluding hydrogens is 1870 g/mol. The average Bonchev–Trinajstić information content (AvgIpc) is 1.55. The molecule has 23 aromatic carbocycles. The number of rotatable bonds is 23. The van der Waals surface area contributed by atoms with E-state index < -0.39 is 32.3 Å². The van der Waals surface area contributed by atoms with Gasteiger partial charge in [0.15, 0.2) is 32.3 Å². The number of benzene rings is 23. The number of hydrogen-bond donors (Lipinski definition) is 0. The van der Waals surface area contributed by atoms with Gasteiger partial charge < -0.3 is 9.80 Å². The molecule has 714 valence electrons. The molecule has 23 aromatic rings. The smallest absolute Gasteiger partial charge is 0.180 e. The highest BCUT2D eigenvalue weighted by Crippen LogP contribution is 2.52. The molecule has 2 nitrogen and oxygen atoms in total. The highest BCUT2D eigenvalue weighted by atomic mass is 28.3. The third-order valence-corrected chi connectivity index (χ3v) is 51.8. The van der Waals surface area contributed by atoms with Crippen LogP contribution in [0.2, 0.25) is 0 Å². The van der Waals surface area contributed by atoms with Gasteiger partial charge in [-0.3, -0.25) is 0 Å². The first-order valence-corrected chi connectivity index (χ1v) is 60.5. The Hall–Kier alpha value is -17.5. The van der Waals surface area contributed by atoms with E-state index in [-0.39, 0.29) is 10.8 Å². The minimum Gasteiger partial charge on any atom is -0.311 e. The van der Waals surface area contributed by atoms with E-state index in [9.17, 15) is 0 Å². The molecule has 0 N–H and O–H groups in total. The van der Waals surface area contributed by atoms with Crippen LogP contribution in [0.25, 0.3) is 66.8 Å². The predicted molar refractivity (Wildman–Crippen MR) is 647 cm³/mol. The van der Waals surface area contributed by atoms with Crippen molar-refractivity contribution >= 4 is 149 Å². The van der Waals surface area contributed by atoms with Crippen LogP contribution in [-0.2, 0) is 10.8 Å². The minimum absolute atomic E-state index is 0.0696. The summed E-state index contributed by atoms with van der Waals surface area (Å²) in [6, 6.07) is 228. The lowest BCUT2D eigenvalue weighted by atomic mass is 9.81. The lowest BCUT2D eigenvalue weighted by Gasteiger charge is -2.35. The molecule has 6 heteroatoms. The van der Waals surface area contributed by atoms with Gasteiger partial charge in [0.25, 0.3) is 0 Å². The van der Waals surface area contributed by atoms with Crippen LogP contribution in [0.1, 0.15) is 49.9 Å². The molecule has 3 aliphatic rings. The Balaban J connectivity index is 0.000000156. The van der Waals surface area contributed by atoms with E-state index in [1.54, 1.807) is 0 Å². The molecule has 0 amide bonds. The van der Waals surface area contributed by atoms with Gasteiger partial charge in [0.05, 0.1) is 0 Å². The normalized spacial score (nSPS) is 13.1. The Morgan fingerprint density at radius 1 is 0.147 bits per heavy atom. The predicted octanol–water partition coefficient (Wildman–Crippen LogP) is 25.4. The van der Waals surface area contributed by atoms with Crippen molar-refractivity contribution < 1.29 is 0 Å². The molecule has 0 radical (unpaired) electrons. The summed E-state index contributed by atoms with van der Waals surface area (Å²) in [6.45, 7) is 9.44. The van der Waals surface area contributed by atoms with Crippen molar-refractivity contribution in [2.24, 2.45) is 0 Å². The summed E-state index contributed by atoms with van der Waals surface area (Å²) < 4.78 is 0. The molecule has 1 heterocycles. The number of nitrogens with zero attached hydrogens (tertiary/aromatic N) is 2. The van der Waals surface area contributed by atoms with Gasteiger partial charge in [-0.25, -0.2) is 0 Å². The third-order valence-electron chi connectivity index (χ3n) is 32.5. The monoisotopic (exact) mass is 1980 g/mol. The van der Waals surface area contributed by atoms with Gasteiger partial charge >= 0.3 is 0 Å². The zero-order valence-corrected chi connectivity index (χ0v) is 88.6. The van der Waals surface area contributed by atoms with Crippen LogP contribution >= 0.6 is 0 Å². The third kappa shape index (κ3) is 16.0. The van der Waals surface area contributed by atoms with E-state index in [1.165, 1.54) is 172 Å². The summed E-state index contributed by atoms with van der Waals surface area (Å²) in [6.07, 6.45) is 0. The minimum atomic E-state index is -2.77. The lowest BCUT2D eigenvalue weighted by Crippen LogP contribution is -2.74. The standard InChI is InChI=1S/C75H59NSi2.C69H53NSi2/c1-75(2)73-36-22-21-35-71(73)72-54-43-59(55-74(72)75)58-39-46-61(47-40-58)76(62-48-52-70(53-49-62)78(66-29-15-6-16-30-66,67-31-17-7-18-32-67)68-33-19-8-20-34-68)60-44-37-56(38-45-60)57-41-50-69(51-42-57)77(63-23-9-3-10-24-63,64-25-11-4-12-26-64)65-27-13-5-14-28-65;1-69(2)65-34-20-18-32-61(65)62-46-38-51(48-66(62)69)50-36-39-52(40-37-50)70(53-41-44-60(45-42-53)71(55-22-8-3-9-23-55,56-24-10-4-11-25-56)57-26-12-5-13-27-57)54-43-47-64-63-33-19-21-35-67(63)72(68(64)49-54,58-28-14-6-15-29-58)59-30-16-7-17-31-59/h3-55H,1-2H3;3-49H,1-2H3. The largest absolute Gasteiger partial charge is 0.311 e. The summed E-state index contributed by atoms with van der Waals surface area (Å²) in [5, 5.41) is 22.0. The van der Waals surface area contributed by atoms with E-state index in [0.717, 1.165) is 34.1 Å². The van der Waals surface area contributed by atoms with Gasteiger partial charge in [-0.15, -0.1) is 0 Å². The summed E-state index contributed by atoms with van der Waals surface area (Å²) in [7, 11) is -10.9. The second kappa shape index (κ2) is 39.4. The maximum absolute atomic E-state index is 2.77. The van der Waals surface area contributed by atoms with E-state index in [2.05, 4.69) is 644 Å². The SMILES string of the molecule is CC1(C)c2ccccc2-c2ccc(-c3ccc(N(c4ccc(-c5ccc([Si](c6ccccc6)(c6ccccc6)c6ccccc6)cc5)cc4)c4ccc([Si](c5ccccc5)(c5ccccc5)c5ccccc5)cc4)cc3)cc21.CC1(C)c2ccccc2-c2ccc(-c3ccc(N(c4ccc([Si](c5ccccc5)(c5ccccc5)c5ccccc5)cc4)c4ccc5c(c4)[Si](c4ccccc4)(c4ccccc4)c4ccccc4-5)cc3)cc21. The molecule has 150 heavy (non-hydrogen) atoms. The lowest BCUT2D eigenvalue weighted by molar-refractivity contribution is 0.660. The van der Waals surface area contributed by atoms with Crippen molar-refractivity contribution in [3.63, 3.8) is 0 Å². The number of anilines is 6. The average molecular weight is 1980 g/mol. The topological polar surface area (TPSA) is 6.48 Å². The van der Waals surface area contributed by atoms with Crippen LogP contribution < -0.4 is 92.8 Å². The summed E-state index contributed by atoms with van der Waals surface area (Å²) in [5.74, 6) is 0. The Morgan fingerprint density at radius 2 is 0.340 bits per heavy atom. The molecule has 0 unspecified atom stereocenters. The van der Waals surface area contributed by atoms with Gasteiger partial charge in [-0.05, 0) is 257 Å². The van der Waals surface area contributed by atoms with Crippen molar-refractivity contribution in [3.8, 4) is 66.8 Å². The Kier molecular flexibility index (Phi) is 24.6. The second-order valence-corrected chi connectivity index (χ2v) is 56.3. The van der Waals surface area contributed by atoms with Crippen molar-refractivity contribution in [3.05, 3.63) is 629 Å². The molecule has 2 aliphatic carbocycles. The molecule has 1 aliphatic heterocycles. The highest BCUT2D eigenvalue weighted by molar-refractivity contribution is 7.23. The highest BCUT2D eigenvalue weighted by Gasteiger charge is 2.51. The molecular formula is C144H112N2Si4. The van der Waals surface area contributed by atoms with Crippen LogP contribution in [-0.4, -0.2) is 32.3 Å². The van der Waals surface area contributed by atoms with E-state index >= 15 is 0 Å². The molecule has 0 aromatic heterocycles. The van der Waals surface area contributed by atoms with Crippen LogP contribution in [0.3, 0.4) is 0 Å². The second-order valence-electron chi connectivity index (χ2n) is 41.1. The first-order valence-electron chi connectivity index (χ1n) is 52.5. The fourth-order valence-corrected chi connectivity index (χ4v) is 44.9. The van der Waals surface area contributed by atoms with Crippen molar-refractivity contribution in [2.75, 3.05) is 9.80 Å². The van der Waals surface area contributed by atoms with Crippen LogP contribution in [0.5, 0.6) is 0 Å². The molecule has 0 bridgehead atoms. The van der Waals surface area contributed by atoms with E-state index in [0.29, 0.717) is 0 Å². The fraction of sp³-hybridized carbons (Fsp3) is 0.0417. The van der Waals surface area contributed by atoms with Crippen molar-refractivity contribution in [1.82, 2.24) is 0 Å². The van der Waals surface area contributed by atoms with Crippen LogP contribution in [0.4, 0.5) is 34.1 Å². The van der Waals surface area contributed by atoms with Gasteiger partial charge in [-0.2, -0.15) is 0 Å². The quantitative estimate of drug-likeness (QED) is 0.0465. The van der Waals surface area contributed by atoms with Gasteiger partial charge in [0, 0.05) is 45.0 Å². The zero-order chi connectivity index (χ0) is 101. The maximum atomic E-state index is 2.54. The maximum Gasteiger partial charge on any atom is 0.180 e. The molecule has 0 saturated carbocycles. The first kappa shape index (κ1) is 93.6. The Labute approximate surface area is 886 Å². The zero-order valence-electron chi connectivity index (χ0n) is 84.6. The van der Waals surface area contributed by atoms with E-state index in [1.807, 2.05) is 0 Å². The number of hydrogen-bond acceptors (Lipinski definition) is 2. The number of fused-ring (bicyclic) bond motifs is 9. The van der Waals surface area contributed by atoms with Gasteiger partial charge in [0.1, 0.15) is 0 Å². The molecule has 26 rings (SSSR count). The van der Waals surface area contributed by atoms with Crippen LogP contribution in [0, 0.1) is 0 Å². The fourth-order valence-electron chi connectivity index (χ4n) is 25.5. The summed E-state index contributed by atoms with van der Waals surface area (Å²) >= 11 is 0. The molecule has 0 atom stereocenters. The van der Waals surface area contributed by atoms with Crippen LogP contribution in [0.15, 0.2) is 607 Å². The summed E-state index contributed by atoms with van der Waals surface area (Å²) in [4.78, 5) is 4.91. The van der Waals surface area contributed by atoms with E-state index in [4.69, 9.17) is 0 Å². The van der Waals surface area contributed by atoms with Crippen molar-refractivity contribution in [2.45, 2.75) is 38.5 Å². The Bertz CT molecular complexity index is 8430. The van der Waals surface area contributed by atoms with Gasteiger partial charge in [-0.1, -0.05) is 549 Å². The van der Waals surface area contributed by atoms with Crippen molar-refractivity contribution in [1.29, 1.82) is 0 Å². The Morgan fingerprint density at radius 3 is 0.640 bits per heavy atom. The van der Waals surface area contributed by atoms with Gasteiger partial charge in [0.2, 0.25) is 0 Å². The molecule has 0 saturated heterocycles. The summed E-state index contributed by atoms with van der Waals surface area (Å²) in [5.41, 5.74) is 27.3.